The minimum absolute atomic E-state index is 0.166. The first-order valence-corrected chi connectivity index (χ1v) is 6.12. The summed E-state index contributed by atoms with van der Waals surface area (Å²) < 4.78 is 23.4. The van der Waals surface area contributed by atoms with Gasteiger partial charge in [0, 0.05) is 6.04 Å². The van der Waals surface area contributed by atoms with E-state index in [2.05, 4.69) is 0 Å². The summed E-state index contributed by atoms with van der Waals surface area (Å²) in [5.74, 6) is 1.27. The highest BCUT2D eigenvalue weighted by molar-refractivity contribution is 5.44. The Kier molecular flexibility index (Phi) is 3.09. The second-order valence-electron chi connectivity index (χ2n) is 4.55. The topological polar surface area (TPSA) is 44.5 Å². The van der Waals surface area contributed by atoms with Gasteiger partial charge in [-0.3, -0.25) is 0 Å². The minimum atomic E-state index is -0.251. The molecule has 0 fully saturated rings. The Hall–Kier alpha value is -2.07. The fourth-order valence-corrected chi connectivity index (χ4v) is 2.15. The van der Waals surface area contributed by atoms with Crippen molar-refractivity contribution in [2.75, 3.05) is 6.79 Å². The molecule has 4 heteroatoms. The van der Waals surface area contributed by atoms with Crippen LogP contribution in [0.3, 0.4) is 0 Å². The molecule has 0 aromatic heterocycles. The Balaban J connectivity index is 1.75. The van der Waals surface area contributed by atoms with Crippen molar-refractivity contribution in [1.82, 2.24) is 0 Å². The molecule has 2 aromatic carbocycles. The highest BCUT2D eigenvalue weighted by Crippen LogP contribution is 2.33. The predicted molar refractivity (Wildman–Crippen MR) is 69.6 cm³/mol. The fraction of sp³-hybridized carbons (Fsp3) is 0.200. The smallest absolute Gasteiger partial charge is 0.231 e. The van der Waals surface area contributed by atoms with E-state index < -0.39 is 0 Å². The maximum Gasteiger partial charge on any atom is 0.231 e. The van der Waals surface area contributed by atoms with E-state index in [9.17, 15) is 4.39 Å². The zero-order valence-corrected chi connectivity index (χ0v) is 10.3. The molecule has 0 spiro atoms. The standard InChI is InChI=1S/C15H14FNO2/c16-12-4-2-11(3-5-12)13(17)7-10-1-6-14-15(8-10)19-9-18-14/h1-6,8,13H,7,9,17H2. The normalized spacial score (nSPS) is 14.4. The molecule has 2 N–H and O–H groups in total. The van der Waals surface area contributed by atoms with Crippen LogP contribution >= 0.6 is 0 Å². The molecule has 0 saturated carbocycles. The van der Waals surface area contributed by atoms with Gasteiger partial charge in [0.25, 0.3) is 0 Å². The lowest BCUT2D eigenvalue weighted by Gasteiger charge is -2.12. The first-order chi connectivity index (χ1) is 9.22. The predicted octanol–water partition coefficient (Wildman–Crippen LogP) is 2.80. The molecule has 0 aliphatic carbocycles. The van der Waals surface area contributed by atoms with Crippen LogP contribution in [-0.2, 0) is 6.42 Å². The fourth-order valence-electron chi connectivity index (χ4n) is 2.15. The van der Waals surface area contributed by atoms with E-state index in [0.29, 0.717) is 6.42 Å². The van der Waals surface area contributed by atoms with Crippen LogP contribution < -0.4 is 15.2 Å². The molecule has 2 aromatic rings. The third-order valence-electron chi connectivity index (χ3n) is 3.19. The van der Waals surface area contributed by atoms with Crippen LogP contribution in [0, 0.1) is 5.82 Å². The SMILES string of the molecule is NC(Cc1ccc2c(c1)OCO2)c1ccc(F)cc1. The Labute approximate surface area is 110 Å². The maximum absolute atomic E-state index is 12.9. The molecule has 1 unspecified atom stereocenters. The molecule has 0 radical (unpaired) electrons. The Morgan fingerprint density at radius 3 is 2.58 bits per heavy atom. The van der Waals surface area contributed by atoms with Crippen molar-refractivity contribution in [3.05, 3.63) is 59.4 Å². The summed E-state index contributed by atoms with van der Waals surface area (Å²) in [5.41, 5.74) is 8.11. The lowest BCUT2D eigenvalue weighted by Crippen LogP contribution is -2.13. The van der Waals surface area contributed by atoms with Gasteiger partial charge in [-0.15, -0.1) is 0 Å². The second-order valence-corrected chi connectivity index (χ2v) is 4.55. The summed E-state index contributed by atoms with van der Waals surface area (Å²) in [7, 11) is 0. The average Bonchev–Trinajstić information content (AvgIpc) is 2.87. The van der Waals surface area contributed by atoms with Gasteiger partial charge in [-0.1, -0.05) is 18.2 Å². The zero-order valence-electron chi connectivity index (χ0n) is 10.3. The summed E-state index contributed by atoms with van der Waals surface area (Å²) in [6.45, 7) is 0.267. The molecule has 3 nitrogen and oxygen atoms in total. The van der Waals surface area contributed by atoms with Crippen molar-refractivity contribution < 1.29 is 13.9 Å². The highest BCUT2D eigenvalue weighted by atomic mass is 19.1. The molecular formula is C15H14FNO2. The van der Waals surface area contributed by atoms with Crippen molar-refractivity contribution in [3.8, 4) is 11.5 Å². The summed E-state index contributed by atoms with van der Waals surface area (Å²) in [6.07, 6.45) is 0.669. The van der Waals surface area contributed by atoms with Crippen LogP contribution in [-0.4, -0.2) is 6.79 Å². The maximum atomic E-state index is 12.9. The van der Waals surface area contributed by atoms with E-state index >= 15 is 0 Å². The molecule has 1 aliphatic heterocycles. The van der Waals surface area contributed by atoms with Gasteiger partial charge in [-0.2, -0.15) is 0 Å². The third-order valence-corrected chi connectivity index (χ3v) is 3.19. The summed E-state index contributed by atoms with van der Waals surface area (Å²) in [6, 6.07) is 11.9. The van der Waals surface area contributed by atoms with E-state index in [0.717, 1.165) is 22.6 Å². The summed E-state index contributed by atoms with van der Waals surface area (Å²) in [5, 5.41) is 0. The molecule has 1 atom stereocenters. The molecule has 0 bridgehead atoms. The number of benzene rings is 2. The highest BCUT2D eigenvalue weighted by Gasteiger charge is 2.15. The van der Waals surface area contributed by atoms with Crippen LogP contribution in [0.5, 0.6) is 11.5 Å². The number of halogens is 1. The number of ether oxygens (including phenoxy) is 2. The van der Waals surface area contributed by atoms with Gasteiger partial charge in [-0.05, 0) is 41.8 Å². The molecule has 0 amide bonds. The number of nitrogens with two attached hydrogens (primary N) is 1. The first kappa shape index (κ1) is 12.0. The van der Waals surface area contributed by atoms with Gasteiger partial charge in [0.2, 0.25) is 6.79 Å². The van der Waals surface area contributed by atoms with Crippen LogP contribution in [0.4, 0.5) is 4.39 Å². The monoisotopic (exact) mass is 259 g/mol. The van der Waals surface area contributed by atoms with E-state index in [4.69, 9.17) is 15.2 Å². The van der Waals surface area contributed by atoms with Crippen LogP contribution in [0.2, 0.25) is 0 Å². The molecule has 1 heterocycles. The lowest BCUT2D eigenvalue weighted by atomic mass is 9.99. The van der Waals surface area contributed by atoms with Gasteiger partial charge in [0.15, 0.2) is 11.5 Å². The summed E-state index contributed by atoms with van der Waals surface area (Å²) in [4.78, 5) is 0. The van der Waals surface area contributed by atoms with Crippen LogP contribution in [0.25, 0.3) is 0 Å². The number of hydrogen-bond acceptors (Lipinski definition) is 3. The van der Waals surface area contributed by atoms with Crippen LogP contribution in [0.1, 0.15) is 17.2 Å². The van der Waals surface area contributed by atoms with Gasteiger partial charge in [0.05, 0.1) is 0 Å². The van der Waals surface area contributed by atoms with Crippen molar-refractivity contribution in [2.24, 2.45) is 5.73 Å². The van der Waals surface area contributed by atoms with E-state index in [-0.39, 0.29) is 18.7 Å². The van der Waals surface area contributed by atoms with E-state index in [1.54, 1.807) is 12.1 Å². The number of rotatable bonds is 3. The van der Waals surface area contributed by atoms with Crippen LogP contribution in [0.15, 0.2) is 42.5 Å². The molecule has 0 saturated heterocycles. The largest absolute Gasteiger partial charge is 0.454 e. The Bertz CT molecular complexity index is 583. The molecule has 1 aliphatic rings. The minimum Gasteiger partial charge on any atom is -0.454 e. The van der Waals surface area contributed by atoms with Gasteiger partial charge >= 0.3 is 0 Å². The lowest BCUT2D eigenvalue weighted by molar-refractivity contribution is 0.174. The number of hydrogen-bond donors (Lipinski definition) is 1. The van der Waals surface area contributed by atoms with Crippen molar-refractivity contribution >= 4 is 0 Å². The molecule has 98 valence electrons. The third kappa shape index (κ3) is 2.53. The molecular weight excluding hydrogens is 245 g/mol. The Morgan fingerprint density at radius 1 is 1.05 bits per heavy atom. The van der Waals surface area contributed by atoms with Crippen molar-refractivity contribution in [2.45, 2.75) is 12.5 Å². The quantitative estimate of drug-likeness (QED) is 0.921. The number of fused-ring (bicyclic) bond motifs is 1. The van der Waals surface area contributed by atoms with Gasteiger partial charge in [0.1, 0.15) is 5.82 Å². The zero-order chi connectivity index (χ0) is 13.2. The van der Waals surface area contributed by atoms with E-state index in [1.165, 1.54) is 12.1 Å². The van der Waals surface area contributed by atoms with Crippen molar-refractivity contribution in [1.29, 1.82) is 0 Å². The van der Waals surface area contributed by atoms with E-state index in [1.807, 2.05) is 18.2 Å². The molecule has 3 rings (SSSR count). The average molecular weight is 259 g/mol. The first-order valence-electron chi connectivity index (χ1n) is 6.12. The second kappa shape index (κ2) is 4.90. The van der Waals surface area contributed by atoms with Gasteiger partial charge < -0.3 is 15.2 Å². The Morgan fingerprint density at radius 2 is 1.79 bits per heavy atom. The van der Waals surface area contributed by atoms with Gasteiger partial charge in [-0.25, -0.2) is 4.39 Å². The molecule has 19 heavy (non-hydrogen) atoms. The van der Waals surface area contributed by atoms with Crippen molar-refractivity contribution in [3.63, 3.8) is 0 Å². The summed E-state index contributed by atoms with van der Waals surface area (Å²) >= 11 is 0.